The van der Waals surface area contributed by atoms with Gasteiger partial charge in [-0.15, -0.1) is 0 Å². The van der Waals surface area contributed by atoms with Crippen LogP contribution in [0, 0.1) is 0 Å². The Balaban J connectivity index is 1.87. The molecule has 0 aromatic heterocycles. The Labute approximate surface area is 122 Å². The second-order valence-electron chi connectivity index (χ2n) is 5.40. The fourth-order valence-electron chi connectivity index (χ4n) is 2.64. The Morgan fingerprint density at radius 2 is 2.25 bits per heavy atom. The smallest absolute Gasteiger partial charge is 0.318 e. The van der Waals surface area contributed by atoms with Crippen molar-refractivity contribution in [3.63, 3.8) is 0 Å². The number of nitrogens with one attached hydrogen (secondary N) is 1. The minimum Gasteiger partial charge on any atom is -0.341 e. The van der Waals surface area contributed by atoms with E-state index in [4.69, 9.17) is 0 Å². The molecule has 2 aliphatic rings. The van der Waals surface area contributed by atoms with Crippen molar-refractivity contribution >= 4 is 22.7 Å². The van der Waals surface area contributed by atoms with Gasteiger partial charge in [0.05, 0.1) is 0 Å². The predicted molar refractivity (Wildman–Crippen MR) is 77.9 cm³/mol. The fourth-order valence-corrected chi connectivity index (χ4v) is 4.06. The Morgan fingerprint density at radius 3 is 2.90 bits per heavy atom. The minimum atomic E-state index is -0.802. The number of hydrogen-bond acceptors (Lipinski definition) is 3. The topological polar surface area (TPSA) is 69.7 Å². The summed E-state index contributed by atoms with van der Waals surface area (Å²) in [4.78, 5) is 27.6. The van der Waals surface area contributed by atoms with Gasteiger partial charge in [-0.1, -0.05) is 6.92 Å². The highest BCUT2D eigenvalue weighted by atomic mass is 32.2. The fraction of sp³-hybridized carbons (Fsp3) is 0.846. The lowest BCUT2D eigenvalue weighted by molar-refractivity contribution is -0.130. The average molecular weight is 301 g/mol. The molecule has 0 aromatic rings. The first-order chi connectivity index (χ1) is 9.60. The molecule has 114 valence electrons. The maximum absolute atomic E-state index is 12.2. The zero-order valence-electron chi connectivity index (χ0n) is 12.0. The number of hydrogen-bond donors (Lipinski definition) is 1. The van der Waals surface area contributed by atoms with Crippen molar-refractivity contribution in [1.82, 2.24) is 15.1 Å². The molecule has 2 heterocycles. The van der Waals surface area contributed by atoms with Gasteiger partial charge in [-0.05, 0) is 19.3 Å². The molecule has 0 bridgehead atoms. The van der Waals surface area contributed by atoms with E-state index in [0.717, 1.165) is 32.4 Å². The van der Waals surface area contributed by atoms with E-state index >= 15 is 0 Å². The van der Waals surface area contributed by atoms with Crippen LogP contribution < -0.4 is 5.32 Å². The Hall–Kier alpha value is -1.11. The van der Waals surface area contributed by atoms with Crippen LogP contribution in [-0.4, -0.2) is 69.7 Å². The van der Waals surface area contributed by atoms with Crippen LogP contribution in [0.3, 0.4) is 0 Å². The van der Waals surface area contributed by atoms with E-state index in [2.05, 4.69) is 5.32 Å². The molecule has 6 nitrogen and oxygen atoms in total. The maximum Gasteiger partial charge on any atom is 0.318 e. The molecular weight excluding hydrogens is 278 g/mol. The molecule has 2 aliphatic heterocycles. The Kier molecular flexibility index (Phi) is 5.39. The molecule has 20 heavy (non-hydrogen) atoms. The van der Waals surface area contributed by atoms with Gasteiger partial charge in [0, 0.05) is 48.0 Å². The van der Waals surface area contributed by atoms with Gasteiger partial charge in [0.25, 0.3) is 0 Å². The lowest BCUT2D eigenvalue weighted by atomic mass is 10.3. The van der Waals surface area contributed by atoms with Gasteiger partial charge in [0.15, 0.2) is 0 Å². The van der Waals surface area contributed by atoms with Crippen LogP contribution >= 0.6 is 0 Å². The molecule has 2 atom stereocenters. The monoisotopic (exact) mass is 301 g/mol. The van der Waals surface area contributed by atoms with Crippen LogP contribution in [0.25, 0.3) is 0 Å². The summed E-state index contributed by atoms with van der Waals surface area (Å²) in [6, 6.07) is -0.200. The van der Waals surface area contributed by atoms with Crippen molar-refractivity contribution in [3.05, 3.63) is 0 Å². The third-order valence-corrected chi connectivity index (χ3v) is 5.19. The summed E-state index contributed by atoms with van der Waals surface area (Å²) in [6.45, 7) is 4.29. The standard InChI is InChI=1S/C13H23N3O3S/c1-2-5-15-6-3-7-16(9-12(15)17)13(18)14-11-4-8-20(19)10-11/h11H,2-10H2,1H3,(H,14,18)/t11-,20-/m0/s1. The molecule has 0 radical (unpaired) electrons. The molecule has 0 aliphatic carbocycles. The van der Waals surface area contributed by atoms with E-state index in [-0.39, 0.29) is 24.5 Å². The van der Waals surface area contributed by atoms with E-state index in [9.17, 15) is 13.8 Å². The van der Waals surface area contributed by atoms with Gasteiger partial charge in [-0.3, -0.25) is 9.00 Å². The lowest BCUT2D eigenvalue weighted by Gasteiger charge is -2.23. The van der Waals surface area contributed by atoms with Gasteiger partial charge in [-0.2, -0.15) is 0 Å². The highest BCUT2D eigenvalue weighted by molar-refractivity contribution is 7.85. The zero-order chi connectivity index (χ0) is 14.5. The van der Waals surface area contributed by atoms with E-state index in [1.54, 1.807) is 4.90 Å². The van der Waals surface area contributed by atoms with Crippen LogP contribution in [-0.2, 0) is 15.6 Å². The number of amides is 3. The first-order valence-corrected chi connectivity index (χ1v) is 8.77. The van der Waals surface area contributed by atoms with Crippen molar-refractivity contribution in [3.8, 4) is 0 Å². The normalized spacial score (nSPS) is 27.6. The van der Waals surface area contributed by atoms with Gasteiger partial charge >= 0.3 is 6.03 Å². The predicted octanol–water partition coefficient (Wildman–Crippen LogP) is 0.161. The summed E-state index contributed by atoms with van der Waals surface area (Å²) in [5.41, 5.74) is 0. The molecule has 0 spiro atoms. The third-order valence-electron chi connectivity index (χ3n) is 3.72. The third kappa shape index (κ3) is 3.94. The molecule has 2 saturated heterocycles. The number of urea groups is 1. The SMILES string of the molecule is CCCN1CCCN(C(=O)N[C@H]2CC[S@](=O)C2)CC1=O. The molecule has 7 heteroatoms. The van der Waals surface area contributed by atoms with Gasteiger partial charge < -0.3 is 15.1 Å². The van der Waals surface area contributed by atoms with Crippen molar-refractivity contribution in [2.24, 2.45) is 0 Å². The molecule has 1 N–H and O–H groups in total. The van der Waals surface area contributed by atoms with Crippen molar-refractivity contribution in [2.45, 2.75) is 32.2 Å². The molecule has 2 rings (SSSR count). The average Bonchev–Trinajstić information content (AvgIpc) is 2.71. The van der Waals surface area contributed by atoms with E-state index < -0.39 is 10.8 Å². The van der Waals surface area contributed by atoms with E-state index in [1.165, 1.54) is 0 Å². The Bertz CT molecular complexity index is 402. The quantitative estimate of drug-likeness (QED) is 0.807. The first kappa shape index (κ1) is 15.3. The van der Waals surface area contributed by atoms with Crippen LogP contribution in [0.4, 0.5) is 4.79 Å². The first-order valence-electron chi connectivity index (χ1n) is 7.28. The number of nitrogens with zero attached hydrogens (tertiary/aromatic N) is 2. The Morgan fingerprint density at radius 1 is 1.45 bits per heavy atom. The van der Waals surface area contributed by atoms with E-state index in [0.29, 0.717) is 18.1 Å². The van der Waals surface area contributed by atoms with Crippen LogP contribution in [0.5, 0.6) is 0 Å². The molecule has 2 fully saturated rings. The summed E-state index contributed by atoms with van der Waals surface area (Å²) in [5.74, 6) is 1.22. The van der Waals surface area contributed by atoms with Gasteiger partial charge in [0.2, 0.25) is 5.91 Å². The second-order valence-corrected chi connectivity index (χ2v) is 7.02. The van der Waals surface area contributed by atoms with Crippen molar-refractivity contribution in [1.29, 1.82) is 0 Å². The number of carbonyl (C=O) groups is 2. The molecule has 0 unspecified atom stereocenters. The van der Waals surface area contributed by atoms with E-state index in [1.807, 2.05) is 11.8 Å². The highest BCUT2D eigenvalue weighted by Gasteiger charge is 2.28. The second kappa shape index (κ2) is 7.06. The summed E-state index contributed by atoms with van der Waals surface area (Å²) < 4.78 is 11.3. The van der Waals surface area contributed by atoms with Gasteiger partial charge in [0.1, 0.15) is 6.54 Å². The van der Waals surface area contributed by atoms with Crippen LogP contribution in [0.2, 0.25) is 0 Å². The van der Waals surface area contributed by atoms with Crippen molar-refractivity contribution < 1.29 is 13.8 Å². The van der Waals surface area contributed by atoms with Gasteiger partial charge in [-0.25, -0.2) is 4.79 Å². The summed E-state index contributed by atoms with van der Waals surface area (Å²) in [7, 11) is -0.802. The van der Waals surface area contributed by atoms with Crippen LogP contribution in [0.1, 0.15) is 26.2 Å². The number of carbonyl (C=O) groups excluding carboxylic acids is 2. The molecule has 3 amide bonds. The van der Waals surface area contributed by atoms with Crippen molar-refractivity contribution in [2.75, 3.05) is 37.7 Å². The largest absolute Gasteiger partial charge is 0.341 e. The lowest BCUT2D eigenvalue weighted by Crippen LogP contribution is -2.47. The van der Waals surface area contributed by atoms with Crippen LogP contribution in [0.15, 0.2) is 0 Å². The minimum absolute atomic E-state index is 0.00608. The number of rotatable bonds is 3. The molecule has 0 aromatic carbocycles. The maximum atomic E-state index is 12.2. The summed E-state index contributed by atoms with van der Waals surface area (Å²) in [6.07, 6.45) is 2.52. The summed E-state index contributed by atoms with van der Waals surface area (Å²) in [5, 5.41) is 2.90. The summed E-state index contributed by atoms with van der Waals surface area (Å²) >= 11 is 0. The molecule has 0 saturated carbocycles. The highest BCUT2D eigenvalue weighted by Crippen LogP contribution is 2.10. The molecular formula is C13H23N3O3S. The zero-order valence-corrected chi connectivity index (χ0v) is 12.8.